The van der Waals surface area contributed by atoms with E-state index in [1.54, 1.807) is 0 Å². The minimum absolute atomic E-state index is 0. The van der Waals surface area contributed by atoms with E-state index in [1.807, 2.05) is 35.5 Å². The molecule has 2 aromatic rings. The van der Waals surface area contributed by atoms with Crippen LogP contribution in [-0.2, 0) is 18.3 Å². The standard InChI is InChI=1S/C22H34N6OS.HI/c1-3-23-22(28-9-10-29-21(17-28)19-13-25-26(2)15-19)24-12-18-6-4-8-27(14-18)16-20-7-5-11-30-20;/h5,7,11,13,15,18,21H,3-4,6,8-10,12,14,16-17H2,1-2H3,(H,23,24);1H. The van der Waals surface area contributed by atoms with E-state index < -0.39 is 0 Å². The van der Waals surface area contributed by atoms with E-state index in [0.717, 1.165) is 50.8 Å². The Balaban J connectivity index is 0.00000272. The first-order valence-corrected chi connectivity index (χ1v) is 12.0. The molecule has 172 valence electrons. The number of guanidine groups is 1. The minimum atomic E-state index is 0. The van der Waals surface area contributed by atoms with Crippen LogP contribution >= 0.6 is 35.3 Å². The lowest BCUT2D eigenvalue weighted by Crippen LogP contribution is -2.48. The largest absolute Gasteiger partial charge is 0.370 e. The number of nitrogens with zero attached hydrogens (tertiary/aromatic N) is 5. The van der Waals surface area contributed by atoms with Crippen LogP contribution in [-0.4, -0.2) is 71.4 Å². The fraction of sp³-hybridized carbons (Fsp3) is 0.636. The number of aryl methyl sites for hydroxylation is 1. The van der Waals surface area contributed by atoms with Gasteiger partial charge in [-0.15, -0.1) is 35.3 Å². The van der Waals surface area contributed by atoms with Crippen molar-refractivity contribution in [2.45, 2.75) is 32.4 Å². The van der Waals surface area contributed by atoms with Gasteiger partial charge in [-0.05, 0) is 43.7 Å². The van der Waals surface area contributed by atoms with Gasteiger partial charge in [0.25, 0.3) is 0 Å². The van der Waals surface area contributed by atoms with Crippen molar-refractivity contribution in [1.29, 1.82) is 0 Å². The Morgan fingerprint density at radius 1 is 1.35 bits per heavy atom. The maximum atomic E-state index is 6.01. The average Bonchev–Trinajstić information content (AvgIpc) is 3.43. The highest BCUT2D eigenvalue weighted by Gasteiger charge is 2.26. The van der Waals surface area contributed by atoms with Gasteiger partial charge >= 0.3 is 0 Å². The molecule has 2 atom stereocenters. The number of nitrogens with one attached hydrogen (secondary N) is 1. The van der Waals surface area contributed by atoms with Crippen molar-refractivity contribution in [3.05, 3.63) is 40.3 Å². The van der Waals surface area contributed by atoms with E-state index in [-0.39, 0.29) is 30.1 Å². The summed E-state index contributed by atoms with van der Waals surface area (Å²) >= 11 is 1.86. The van der Waals surface area contributed by atoms with Crippen LogP contribution in [0, 0.1) is 5.92 Å². The molecule has 2 aliphatic rings. The van der Waals surface area contributed by atoms with Crippen molar-refractivity contribution in [2.24, 2.45) is 18.0 Å². The topological polar surface area (TPSA) is 57.9 Å². The van der Waals surface area contributed by atoms with Crippen molar-refractivity contribution in [3.8, 4) is 0 Å². The fourth-order valence-corrected chi connectivity index (χ4v) is 5.10. The SMILES string of the molecule is CCNC(=NCC1CCCN(Cc2cccs2)C1)N1CCOC(c2cnn(C)c2)C1.I. The van der Waals surface area contributed by atoms with Gasteiger partial charge in [0.05, 0.1) is 19.3 Å². The number of thiophene rings is 1. The van der Waals surface area contributed by atoms with E-state index in [4.69, 9.17) is 9.73 Å². The normalized spacial score (nSPS) is 22.9. The maximum Gasteiger partial charge on any atom is 0.194 e. The Hall–Kier alpha value is -1.17. The summed E-state index contributed by atoms with van der Waals surface area (Å²) in [6, 6.07) is 4.39. The van der Waals surface area contributed by atoms with Crippen molar-refractivity contribution in [2.75, 3.05) is 45.9 Å². The zero-order valence-corrected chi connectivity index (χ0v) is 21.7. The lowest BCUT2D eigenvalue weighted by molar-refractivity contribution is -0.00808. The lowest BCUT2D eigenvalue weighted by Gasteiger charge is -2.35. The van der Waals surface area contributed by atoms with Crippen molar-refractivity contribution < 1.29 is 4.74 Å². The Morgan fingerprint density at radius 2 is 2.26 bits per heavy atom. The number of ether oxygens (including phenoxy) is 1. The molecule has 31 heavy (non-hydrogen) atoms. The second kappa shape index (κ2) is 12.2. The van der Waals surface area contributed by atoms with Crippen molar-refractivity contribution >= 4 is 41.3 Å². The molecule has 0 aliphatic carbocycles. The number of hydrogen-bond donors (Lipinski definition) is 1. The van der Waals surface area contributed by atoms with Gasteiger partial charge < -0.3 is 15.0 Å². The van der Waals surface area contributed by atoms with Crippen molar-refractivity contribution in [3.63, 3.8) is 0 Å². The van der Waals surface area contributed by atoms with Crippen LogP contribution in [0.2, 0.25) is 0 Å². The quantitative estimate of drug-likeness (QED) is 0.335. The van der Waals surface area contributed by atoms with Crippen LogP contribution in [0.15, 0.2) is 34.9 Å². The predicted molar refractivity (Wildman–Crippen MR) is 137 cm³/mol. The molecular formula is C22H35IN6OS. The van der Waals surface area contributed by atoms with Crippen LogP contribution in [0.25, 0.3) is 0 Å². The molecule has 4 rings (SSSR count). The molecule has 0 amide bonds. The van der Waals surface area contributed by atoms with E-state index in [0.29, 0.717) is 12.5 Å². The van der Waals surface area contributed by atoms with E-state index >= 15 is 0 Å². The average molecular weight is 559 g/mol. The van der Waals surface area contributed by atoms with Crippen LogP contribution in [0.3, 0.4) is 0 Å². The molecule has 2 saturated heterocycles. The highest BCUT2D eigenvalue weighted by Crippen LogP contribution is 2.23. The summed E-state index contributed by atoms with van der Waals surface area (Å²) in [7, 11) is 1.95. The first-order valence-electron chi connectivity index (χ1n) is 11.1. The maximum absolute atomic E-state index is 6.01. The van der Waals surface area contributed by atoms with E-state index in [2.05, 4.69) is 44.7 Å². The second-order valence-corrected chi connectivity index (χ2v) is 9.30. The minimum Gasteiger partial charge on any atom is -0.370 e. The first-order chi connectivity index (χ1) is 14.7. The molecule has 7 nitrogen and oxygen atoms in total. The lowest BCUT2D eigenvalue weighted by atomic mass is 9.98. The number of halogens is 1. The molecule has 1 N–H and O–H groups in total. The second-order valence-electron chi connectivity index (χ2n) is 8.27. The summed E-state index contributed by atoms with van der Waals surface area (Å²) in [5.41, 5.74) is 1.13. The molecule has 0 radical (unpaired) electrons. The van der Waals surface area contributed by atoms with Gasteiger partial charge in [-0.3, -0.25) is 14.6 Å². The molecule has 0 aromatic carbocycles. The van der Waals surface area contributed by atoms with Crippen LogP contribution in [0.1, 0.15) is 36.3 Å². The van der Waals surface area contributed by atoms with E-state index in [1.165, 1.54) is 24.3 Å². The number of piperidine rings is 1. The van der Waals surface area contributed by atoms with Gasteiger partial charge in [0.1, 0.15) is 6.10 Å². The highest BCUT2D eigenvalue weighted by atomic mass is 127. The molecule has 9 heteroatoms. The number of likely N-dealkylation sites (tertiary alicyclic amines) is 1. The smallest absolute Gasteiger partial charge is 0.194 e. The van der Waals surface area contributed by atoms with Gasteiger partial charge in [0, 0.05) is 56.4 Å². The van der Waals surface area contributed by atoms with Gasteiger partial charge in [-0.25, -0.2) is 0 Å². The number of aliphatic imine (C=N–C) groups is 1. The van der Waals surface area contributed by atoms with Gasteiger partial charge in [0.15, 0.2) is 5.96 Å². The molecule has 2 unspecified atom stereocenters. The Bertz CT molecular complexity index is 811. The van der Waals surface area contributed by atoms with Crippen LogP contribution in [0.4, 0.5) is 0 Å². The Labute approximate surface area is 206 Å². The van der Waals surface area contributed by atoms with Gasteiger partial charge in [-0.2, -0.15) is 5.10 Å². The summed E-state index contributed by atoms with van der Waals surface area (Å²) in [5.74, 6) is 1.65. The first kappa shape index (κ1) is 24.5. The number of morpholine rings is 1. The van der Waals surface area contributed by atoms with E-state index in [9.17, 15) is 0 Å². The zero-order chi connectivity index (χ0) is 20.8. The third-order valence-corrected chi connectivity index (χ3v) is 6.72. The summed E-state index contributed by atoms with van der Waals surface area (Å²) in [6.45, 7) is 9.72. The molecule has 2 fully saturated rings. The Morgan fingerprint density at radius 3 is 3.00 bits per heavy atom. The Kier molecular flexibility index (Phi) is 9.61. The molecule has 0 spiro atoms. The monoisotopic (exact) mass is 558 g/mol. The van der Waals surface area contributed by atoms with Gasteiger partial charge in [-0.1, -0.05) is 6.07 Å². The third kappa shape index (κ3) is 6.90. The molecule has 2 aliphatic heterocycles. The predicted octanol–water partition coefficient (Wildman–Crippen LogP) is 3.35. The molecular weight excluding hydrogens is 523 g/mol. The van der Waals surface area contributed by atoms with Crippen LogP contribution < -0.4 is 5.32 Å². The number of rotatable bonds is 6. The third-order valence-electron chi connectivity index (χ3n) is 5.86. The summed E-state index contributed by atoms with van der Waals surface area (Å²) in [6.07, 6.45) is 6.53. The number of aromatic nitrogens is 2. The van der Waals surface area contributed by atoms with Gasteiger partial charge in [0.2, 0.25) is 0 Å². The van der Waals surface area contributed by atoms with Crippen molar-refractivity contribution in [1.82, 2.24) is 24.9 Å². The molecule has 2 aromatic heterocycles. The molecule has 0 saturated carbocycles. The molecule has 4 heterocycles. The van der Waals surface area contributed by atoms with Crippen LogP contribution in [0.5, 0.6) is 0 Å². The summed E-state index contributed by atoms with van der Waals surface area (Å²) in [4.78, 5) is 11.5. The zero-order valence-electron chi connectivity index (χ0n) is 18.6. The fourth-order valence-electron chi connectivity index (χ4n) is 4.36. The highest BCUT2D eigenvalue weighted by molar-refractivity contribution is 14.0. The summed E-state index contributed by atoms with van der Waals surface area (Å²) < 4.78 is 7.85. The molecule has 0 bridgehead atoms. The summed E-state index contributed by atoms with van der Waals surface area (Å²) in [5, 5.41) is 9.97. The number of hydrogen-bond acceptors (Lipinski definition) is 5.